The first-order valence-corrected chi connectivity index (χ1v) is 35.8. The standard InChI is InChI=1S/C73H139NO5/c1-3-5-7-9-11-13-15-17-19-20-36-39-43-47-51-55-59-63-67-73(78)79-68-64-60-56-52-48-44-40-37-34-32-30-28-26-24-22-21-23-25-27-29-31-33-35-38-42-46-50-54-58-62-66-72(77)74-70(69-75)71(76)65-61-57-53-49-45-41-18-16-14-12-10-8-6-4-2/h19-20,22,24,61,65,70-71,75-76H,3-18,21,23,25-60,62-64,66-69H2,1-2H3,(H,74,77)/b20-19-,24-22-,65-61+. The Balaban J connectivity index is 3.36. The summed E-state index contributed by atoms with van der Waals surface area (Å²) in [5.41, 5.74) is 0. The van der Waals surface area contributed by atoms with Gasteiger partial charge in [0.2, 0.25) is 5.91 Å². The van der Waals surface area contributed by atoms with E-state index in [9.17, 15) is 19.8 Å². The summed E-state index contributed by atoms with van der Waals surface area (Å²) in [6, 6.07) is -0.626. The molecule has 0 saturated carbocycles. The van der Waals surface area contributed by atoms with E-state index in [0.717, 1.165) is 44.9 Å². The molecular weight excluding hydrogens is 971 g/mol. The van der Waals surface area contributed by atoms with Crippen LogP contribution in [0.4, 0.5) is 0 Å². The second-order valence-electron chi connectivity index (χ2n) is 24.6. The zero-order valence-corrected chi connectivity index (χ0v) is 53.4. The Kier molecular flexibility index (Phi) is 66.9. The third-order valence-electron chi connectivity index (χ3n) is 16.6. The number of aliphatic hydroxyl groups excluding tert-OH is 2. The Bertz CT molecular complexity index is 1280. The molecule has 79 heavy (non-hydrogen) atoms. The first-order valence-electron chi connectivity index (χ1n) is 35.8. The molecule has 0 aromatic carbocycles. The predicted octanol–water partition coefficient (Wildman–Crippen LogP) is 23.1. The van der Waals surface area contributed by atoms with Crippen LogP contribution in [0.2, 0.25) is 0 Å². The third-order valence-corrected chi connectivity index (χ3v) is 16.6. The minimum Gasteiger partial charge on any atom is -0.466 e. The van der Waals surface area contributed by atoms with Crippen LogP contribution in [-0.2, 0) is 14.3 Å². The molecule has 0 aliphatic rings. The van der Waals surface area contributed by atoms with Gasteiger partial charge in [-0.25, -0.2) is 0 Å². The summed E-state index contributed by atoms with van der Waals surface area (Å²) < 4.78 is 5.51. The van der Waals surface area contributed by atoms with Crippen molar-refractivity contribution in [1.82, 2.24) is 5.32 Å². The lowest BCUT2D eigenvalue weighted by Crippen LogP contribution is -2.45. The fourth-order valence-electron chi connectivity index (χ4n) is 11.2. The van der Waals surface area contributed by atoms with Gasteiger partial charge in [0.25, 0.3) is 0 Å². The number of aliphatic hydroxyl groups is 2. The van der Waals surface area contributed by atoms with Gasteiger partial charge >= 0.3 is 5.97 Å². The Labute approximate surface area is 494 Å². The Hall–Kier alpha value is -1.92. The maximum absolute atomic E-state index is 12.5. The summed E-state index contributed by atoms with van der Waals surface area (Å²) in [5.74, 6) is -0.0505. The van der Waals surface area contributed by atoms with Crippen molar-refractivity contribution in [3.8, 4) is 0 Å². The van der Waals surface area contributed by atoms with E-state index in [1.807, 2.05) is 6.08 Å². The molecule has 2 atom stereocenters. The van der Waals surface area contributed by atoms with Gasteiger partial charge in [0.05, 0.1) is 25.4 Å². The molecule has 0 saturated heterocycles. The molecule has 3 N–H and O–H groups in total. The molecule has 1 amide bonds. The van der Waals surface area contributed by atoms with Gasteiger partial charge in [0.1, 0.15) is 0 Å². The number of carbonyl (C=O) groups excluding carboxylic acids is 2. The van der Waals surface area contributed by atoms with Crippen LogP contribution >= 0.6 is 0 Å². The highest BCUT2D eigenvalue weighted by molar-refractivity contribution is 5.76. The van der Waals surface area contributed by atoms with Crippen LogP contribution in [0.1, 0.15) is 393 Å². The number of ether oxygens (including phenoxy) is 1. The minimum absolute atomic E-state index is 0.0143. The van der Waals surface area contributed by atoms with Crippen LogP contribution in [-0.4, -0.2) is 47.4 Å². The lowest BCUT2D eigenvalue weighted by molar-refractivity contribution is -0.143. The summed E-state index contributed by atoms with van der Waals surface area (Å²) >= 11 is 0. The fourth-order valence-corrected chi connectivity index (χ4v) is 11.2. The maximum atomic E-state index is 12.5. The van der Waals surface area contributed by atoms with E-state index in [-0.39, 0.29) is 18.5 Å². The van der Waals surface area contributed by atoms with Crippen molar-refractivity contribution in [3.05, 3.63) is 36.5 Å². The highest BCUT2D eigenvalue weighted by Crippen LogP contribution is 2.18. The molecule has 0 aliphatic heterocycles. The highest BCUT2D eigenvalue weighted by Gasteiger charge is 2.18. The molecule has 0 aromatic rings. The largest absolute Gasteiger partial charge is 0.466 e. The second kappa shape index (κ2) is 68.6. The molecular formula is C73H139NO5. The van der Waals surface area contributed by atoms with Crippen LogP contribution in [0.15, 0.2) is 36.5 Å². The van der Waals surface area contributed by atoms with Crippen molar-refractivity contribution in [2.45, 2.75) is 405 Å². The lowest BCUT2D eigenvalue weighted by Gasteiger charge is -2.20. The normalized spacial score (nSPS) is 12.7. The number of esters is 1. The van der Waals surface area contributed by atoms with E-state index in [1.54, 1.807) is 6.08 Å². The molecule has 0 bridgehead atoms. The Morgan fingerprint density at radius 3 is 0.899 bits per heavy atom. The zero-order chi connectivity index (χ0) is 57.1. The molecule has 0 aliphatic carbocycles. The smallest absolute Gasteiger partial charge is 0.305 e. The van der Waals surface area contributed by atoms with Gasteiger partial charge in [-0.05, 0) is 83.5 Å². The number of allylic oxidation sites excluding steroid dienone is 5. The Morgan fingerprint density at radius 1 is 0.342 bits per heavy atom. The number of carbonyl (C=O) groups is 2. The summed E-state index contributed by atoms with van der Waals surface area (Å²) in [6.07, 6.45) is 88.0. The molecule has 0 spiro atoms. The molecule has 0 fully saturated rings. The van der Waals surface area contributed by atoms with Crippen molar-refractivity contribution in [2.24, 2.45) is 0 Å². The molecule has 0 rings (SSSR count). The van der Waals surface area contributed by atoms with E-state index in [2.05, 4.69) is 43.5 Å². The molecule has 466 valence electrons. The minimum atomic E-state index is -0.843. The van der Waals surface area contributed by atoms with Crippen molar-refractivity contribution in [1.29, 1.82) is 0 Å². The molecule has 6 heteroatoms. The van der Waals surface area contributed by atoms with E-state index in [1.165, 1.54) is 321 Å². The van der Waals surface area contributed by atoms with Crippen LogP contribution in [0.5, 0.6) is 0 Å². The van der Waals surface area contributed by atoms with Gasteiger partial charge in [-0.15, -0.1) is 0 Å². The van der Waals surface area contributed by atoms with E-state index in [4.69, 9.17) is 4.74 Å². The van der Waals surface area contributed by atoms with Gasteiger partial charge < -0.3 is 20.3 Å². The van der Waals surface area contributed by atoms with Gasteiger partial charge in [0.15, 0.2) is 0 Å². The van der Waals surface area contributed by atoms with Crippen LogP contribution < -0.4 is 5.32 Å². The molecule has 0 heterocycles. The number of hydrogen-bond acceptors (Lipinski definition) is 5. The number of hydrogen-bond donors (Lipinski definition) is 3. The van der Waals surface area contributed by atoms with Gasteiger partial charge in [0, 0.05) is 12.8 Å². The zero-order valence-electron chi connectivity index (χ0n) is 53.4. The predicted molar refractivity (Wildman–Crippen MR) is 347 cm³/mol. The monoisotopic (exact) mass is 1110 g/mol. The van der Waals surface area contributed by atoms with Gasteiger partial charge in [-0.1, -0.05) is 333 Å². The van der Waals surface area contributed by atoms with Crippen molar-refractivity contribution in [2.75, 3.05) is 13.2 Å². The fraction of sp³-hybridized carbons (Fsp3) is 0.890. The summed E-state index contributed by atoms with van der Waals surface area (Å²) in [4.78, 5) is 24.6. The quantitative estimate of drug-likeness (QED) is 0.0320. The van der Waals surface area contributed by atoms with Crippen LogP contribution in [0.3, 0.4) is 0 Å². The number of unbranched alkanes of at least 4 members (excludes halogenated alkanes) is 52. The highest BCUT2D eigenvalue weighted by atomic mass is 16.5. The number of amides is 1. The summed E-state index contributed by atoms with van der Waals surface area (Å²) in [6.45, 7) is 4.93. The number of rotatable bonds is 67. The lowest BCUT2D eigenvalue weighted by atomic mass is 10.0. The average Bonchev–Trinajstić information content (AvgIpc) is 3.45. The van der Waals surface area contributed by atoms with Crippen molar-refractivity contribution in [3.63, 3.8) is 0 Å². The average molecular weight is 1110 g/mol. The molecule has 0 radical (unpaired) electrons. The van der Waals surface area contributed by atoms with Crippen LogP contribution in [0, 0.1) is 0 Å². The van der Waals surface area contributed by atoms with Crippen molar-refractivity contribution >= 4 is 11.9 Å². The molecule has 2 unspecified atom stereocenters. The first-order chi connectivity index (χ1) is 39.0. The third kappa shape index (κ3) is 65.1. The molecule has 6 nitrogen and oxygen atoms in total. The second-order valence-corrected chi connectivity index (χ2v) is 24.6. The maximum Gasteiger partial charge on any atom is 0.305 e. The van der Waals surface area contributed by atoms with Gasteiger partial charge in [-0.3, -0.25) is 9.59 Å². The van der Waals surface area contributed by atoms with Gasteiger partial charge in [-0.2, -0.15) is 0 Å². The Morgan fingerprint density at radius 2 is 0.595 bits per heavy atom. The van der Waals surface area contributed by atoms with E-state index < -0.39 is 12.1 Å². The number of nitrogens with one attached hydrogen (secondary N) is 1. The first kappa shape index (κ1) is 77.1. The topological polar surface area (TPSA) is 95.9 Å². The van der Waals surface area contributed by atoms with Crippen molar-refractivity contribution < 1.29 is 24.5 Å². The summed E-state index contributed by atoms with van der Waals surface area (Å²) in [5, 5.41) is 23.1. The SMILES string of the molecule is CCCCCCCCC/C=C\CCCCCCCCCC(=O)OCCCCCCCCCCCCCC/C=C\CCCCCCCCCCCCCCCCC(=O)NC(CO)C(O)/C=C/CCCCCCCCCCCCCC. The van der Waals surface area contributed by atoms with E-state index >= 15 is 0 Å². The van der Waals surface area contributed by atoms with Crippen LogP contribution in [0.25, 0.3) is 0 Å². The van der Waals surface area contributed by atoms with E-state index in [0.29, 0.717) is 19.4 Å². The summed E-state index contributed by atoms with van der Waals surface area (Å²) in [7, 11) is 0. The molecule has 0 aromatic heterocycles.